The average Bonchev–Trinajstić information content (AvgIpc) is 2.50. The van der Waals surface area contributed by atoms with E-state index in [9.17, 15) is 23.1 Å². The van der Waals surface area contributed by atoms with Gasteiger partial charge in [0.2, 0.25) is 15.9 Å². The third-order valence-electron chi connectivity index (χ3n) is 2.92. The van der Waals surface area contributed by atoms with E-state index in [1.165, 1.54) is 32.4 Å². The van der Waals surface area contributed by atoms with Gasteiger partial charge in [0.05, 0.1) is 26.2 Å². The number of nitrogens with two attached hydrogens (primary N) is 1. The van der Waals surface area contributed by atoms with E-state index in [1.54, 1.807) is 0 Å². The summed E-state index contributed by atoms with van der Waals surface area (Å²) in [5.74, 6) is -2.18. The van der Waals surface area contributed by atoms with Gasteiger partial charge in [-0.05, 0) is 18.6 Å². The average molecular weight is 345 g/mol. The number of carboxylic acids is 1. The molecule has 0 aliphatic rings. The first-order valence-electron chi connectivity index (χ1n) is 6.44. The third-order valence-corrected chi connectivity index (χ3v) is 4.41. The second kappa shape index (κ2) is 7.79. The van der Waals surface area contributed by atoms with E-state index < -0.39 is 27.9 Å². The molecule has 1 rings (SSSR count). The van der Waals surface area contributed by atoms with Gasteiger partial charge >= 0.3 is 0 Å². The van der Waals surface area contributed by atoms with Crippen LogP contribution in [0.2, 0.25) is 0 Å². The lowest BCUT2D eigenvalue weighted by atomic mass is 10.2. The summed E-state index contributed by atoms with van der Waals surface area (Å²) >= 11 is 0. The summed E-state index contributed by atoms with van der Waals surface area (Å²) in [5.41, 5.74) is 4.93. The Morgan fingerprint density at radius 3 is 2.43 bits per heavy atom. The number of amides is 1. The summed E-state index contributed by atoms with van der Waals surface area (Å²) in [6, 6.07) is 2.43. The van der Waals surface area contributed by atoms with Gasteiger partial charge < -0.3 is 25.1 Å². The van der Waals surface area contributed by atoms with Crippen LogP contribution >= 0.6 is 0 Å². The molecule has 0 aliphatic carbocycles. The van der Waals surface area contributed by atoms with Crippen molar-refractivity contribution in [3.63, 3.8) is 0 Å². The molecule has 0 saturated carbocycles. The van der Waals surface area contributed by atoms with Crippen LogP contribution in [0.25, 0.3) is 0 Å². The van der Waals surface area contributed by atoms with Crippen molar-refractivity contribution in [1.29, 1.82) is 0 Å². The van der Waals surface area contributed by atoms with E-state index in [0.717, 1.165) is 0 Å². The highest BCUT2D eigenvalue weighted by Gasteiger charge is 2.25. The van der Waals surface area contributed by atoms with Gasteiger partial charge in [0.15, 0.2) is 0 Å². The van der Waals surface area contributed by atoms with Crippen LogP contribution in [0, 0.1) is 0 Å². The summed E-state index contributed by atoms with van der Waals surface area (Å²) in [6.45, 7) is 0. The Kier molecular flexibility index (Phi) is 6.34. The number of methoxy groups -OCH3 is 2. The van der Waals surface area contributed by atoms with Crippen molar-refractivity contribution in [2.24, 2.45) is 5.73 Å². The fourth-order valence-corrected chi connectivity index (χ4v) is 3.16. The summed E-state index contributed by atoms with van der Waals surface area (Å²) < 4.78 is 36.6. The predicted molar refractivity (Wildman–Crippen MR) is 77.1 cm³/mol. The van der Waals surface area contributed by atoms with E-state index >= 15 is 0 Å². The molecule has 1 aromatic carbocycles. The molecule has 3 N–H and O–H groups in total. The number of carbonyl (C=O) groups is 2. The molecule has 23 heavy (non-hydrogen) atoms. The number of carbonyl (C=O) groups excluding carboxylic acids is 2. The van der Waals surface area contributed by atoms with Crippen molar-refractivity contribution in [3.8, 4) is 11.5 Å². The largest absolute Gasteiger partial charge is 0.548 e. The lowest BCUT2D eigenvalue weighted by molar-refractivity contribution is -0.308. The van der Waals surface area contributed by atoms with Gasteiger partial charge in [-0.15, -0.1) is 0 Å². The Bertz CT molecular complexity index is 688. The highest BCUT2D eigenvalue weighted by molar-refractivity contribution is 7.89. The maximum absolute atomic E-state index is 12.4. The molecule has 0 radical (unpaired) electrons. The summed E-state index contributed by atoms with van der Waals surface area (Å²) in [7, 11) is -1.64. The van der Waals surface area contributed by atoms with Gasteiger partial charge in [0.1, 0.15) is 16.4 Å². The Morgan fingerprint density at radius 2 is 1.96 bits per heavy atom. The quantitative estimate of drug-likeness (QED) is 0.545. The molecule has 0 saturated heterocycles. The number of primary amides is 1. The smallest absolute Gasteiger partial charge is 0.244 e. The molecular weight excluding hydrogens is 328 g/mol. The summed E-state index contributed by atoms with van der Waals surface area (Å²) in [4.78, 5) is 21.5. The molecule has 0 unspecified atom stereocenters. The zero-order valence-electron chi connectivity index (χ0n) is 12.6. The maximum Gasteiger partial charge on any atom is 0.244 e. The van der Waals surface area contributed by atoms with Crippen LogP contribution in [0.1, 0.15) is 12.8 Å². The highest BCUT2D eigenvalue weighted by Crippen LogP contribution is 2.28. The first kappa shape index (κ1) is 18.7. The minimum Gasteiger partial charge on any atom is -0.548 e. The first-order chi connectivity index (χ1) is 10.7. The van der Waals surface area contributed by atoms with Gasteiger partial charge in [-0.3, -0.25) is 4.79 Å². The number of sulfonamides is 1. The molecule has 128 valence electrons. The molecule has 0 spiro atoms. The van der Waals surface area contributed by atoms with Crippen molar-refractivity contribution in [1.82, 2.24) is 4.72 Å². The second-order valence-corrected chi connectivity index (χ2v) is 6.20. The van der Waals surface area contributed by atoms with Crippen molar-refractivity contribution in [2.45, 2.75) is 23.8 Å². The number of hydrogen-bond donors (Lipinski definition) is 2. The Morgan fingerprint density at radius 1 is 1.30 bits per heavy atom. The van der Waals surface area contributed by atoms with E-state index in [4.69, 9.17) is 15.2 Å². The fourth-order valence-electron chi connectivity index (χ4n) is 1.76. The molecule has 10 heteroatoms. The number of hydrogen-bond acceptors (Lipinski definition) is 7. The third kappa shape index (κ3) is 5.11. The molecule has 0 aliphatic heterocycles. The van der Waals surface area contributed by atoms with E-state index in [1.807, 2.05) is 4.72 Å². The Hall–Kier alpha value is -2.33. The lowest BCUT2D eigenvalue weighted by Crippen LogP contribution is -2.48. The number of rotatable bonds is 9. The molecule has 0 heterocycles. The van der Waals surface area contributed by atoms with Crippen molar-refractivity contribution in [3.05, 3.63) is 18.2 Å². The first-order valence-corrected chi connectivity index (χ1v) is 7.93. The standard InChI is InChI=1S/C13H18N2O7S/c1-21-8-3-5-10(22-2)11(7-8)23(19,20)15-9(13(17)18)4-6-12(14)16/h3,5,7,9,15H,4,6H2,1-2H3,(H2,14,16)(H,17,18)/p-1/t9-/m0/s1. The summed E-state index contributed by atoms with van der Waals surface area (Å²) in [5, 5.41) is 11.1. The van der Waals surface area contributed by atoms with Crippen LogP contribution in [-0.2, 0) is 19.6 Å². The van der Waals surface area contributed by atoms with Crippen LogP contribution in [0.3, 0.4) is 0 Å². The minimum absolute atomic E-state index is 0.00491. The van der Waals surface area contributed by atoms with Crippen molar-refractivity contribution < 1.29 is 32.6 Å². The van der Waals surface area contributed by atoms with Crippen LogP contribution in [0.5, 0.6) is 11.5 Å². The normalized spacial score (nSPS) is 12.4. The summed E-state index contributed by atoms with van der Waals surface area (Å²) in [6.07, 6.45) is -0.639. The zero-order valence-corrected chi connectivity index (χ0v) is 13.4. The molecule has 1 atom stereocenters. The van der Waals surface area contributed by atoms with Gasteiger partial charge in [-0.2, -0.15) is 0 Å². The zero-order chi connectivity index (χ0) is 17.6. The van der Waals surface area contributed by atoms with Crippen LogP contribution < -0.4 is 25.0 Å². The Labute approximate surface area is 133 Å². The van der Waals surface area contributed by atoms with Crippen molar-refractivity contribution in [2.75, 3.05) is 14.2 Å². The van der Waals surface area contributed by atoms with Gasteiger partial charge in [0, 0.05) is 12.5 Å². The second-order valence-electron chi connectivity index (χ2n) is 4.51. The molecule has 1 amide bonds. The Balaban J connectivity index is 3.14. The molecule has 0 fully saturated rings. The van der Waals surface area contributed by atoms with Crippen LogP contribution in [-0.4, -0.2) is 40.6 Å². The molecule has 0 aromatic heterocycles. The van der Waals surface area contributed by atoms with Gasteiger partial charge in [0.25, 0.3) is 0 Å². The van der Waals surface area contributed by atoms with Crippen molar-refractivity contribution >= 4 is 21.9 Å². The van der Waals surface area contributed by atoms with Gasteiger partial charge in [-0.25, -0.2) is 13.1 Å². The number of aliphatic carboxylic acids is 1. The van der Waals surface area contributed by atoms with Gasteiger partial charge in [-0.1, -0.05) is 0 Å². The topological polar surface area (TPSA) is 148 Å². The van der Waals surface area contributed by atoms with E-state index in [-0.39, 0.29) is 29.2 Å². The van der Waals surface area contributed by atoms with E-state index in [0.29, 0.717) is 0 Å². The molecule has 9 nitrogen and oxygen atoms in total. The number of nitrogens with one attached hydrogen (secondary N) is 1. The number of carboxylic acid groups (broad SMARTS) is 1. The minimum atomic E-state index is -4.26. The maximum atomic E-state index is 12.4. The van der Waals surface area contributed by atoms with Crippen LogP contribution in [0.15, 0.2) is 23.1 Å². The number of ether oxygens (including phenoxy) is 2. The fraction of sp³-hybridized carbons (Fsp3) is 0.385. The predicted octanol–water partition coefficient (Wildman–Crippen LogP) is -1.63. The molecule has 0 bridgehead atoms. The number of benzene rings is 1. The highest BCUT2D eigenvalue weighted by atomic mass is 32.2. The molecule has 1 aromatic rings. The lowest BCUT2D eigenvalue weighted by Gasteiger charge is -2.20. The van der Waals surface area contributed by atoms with Crippen LogP contribution in [0.4, 0.5) is 0 Å². The SMILES string of the molecule is COc1ccc(OC)c(S(=O)(=O)N[C@@H](CCC(N)=O)C(=O)[O-])c1. The molecular formula is C13H17N2O7S-. The van der Waals surface area contributed by atoms with E-state index in [2.05, 4.69) is 0 Å². The monoisotopic (exact) mass is 345 g/mol.